The molecule has 1 saturated heterocycles. The van der Waals surface area contributed by atoms with Crippen molar-refractivity contribution in [3.05, 3.63) is 0 Å². The minimum absolute atomic E-state index is 0.130. The number of nitrogens with zero attached hydrogens (tertiary/aromatic N) is 4. The molecule has 1 aliphatic carbocycles. The first kappa shape index (κ1) is 17.0. The third-order valence-electron chi connectivity index (χ3n) is 3.78. The molecular formula is C14H22N6O3S. The molecular weight excluding hydrogens is 332 g/mol. The maximum atomic E-state index is 11.8. The van der Waals surface area contributed by atoms with E-state index in [9.17, 15) is 9.59 Å². The zero-order chi connectivity index (χ0) is 16.9. The second kappa shape index (κ2) is 7.84. The van der Waals surface area contributed by atoms with Crippen LogP contribution < -0.4 is 15.5 Å². The second-order valence-corrected chi connectivity index (χ2v) is 6.62. The standard InChI is InChI=1S/C14H22N6O3S/c1-2-15-12(22)16-11(21)9-24-14-18-17-13(20(14)10-3-4-10)19-5-7-23-8-6-19/h10H,2-9H2,1H3,(H2,15,16,21,22). The molecule has 2 heterocycles. The third-order valence-corrected chi connectivity index (χ3v) is 4.72. The molecule has 9 nitrogen and oxygen atoms in total. The summed E-state index contributed by atoms with van der Waals surface area (Å²) < 4.78 is 7.51. The maximum Gasteiger partial charge on any atom is 0.321 e. The van der Waals surface area contributed by atoms with Gasteiger partial charge in [-0.25, -0.2) is 4.79 Å². The minimum atomic E-state index is -0.472. The number of morpholine rings is 1. The summed E-state index contributed by atoms with van der Waals surface area (Å²) in [5.74, 6) is 0.641. The first-order chi connectivity index (χ1) is 11.7. The Bertz CT molecular complexity index is 597. The van der Waals surface area contributed by atoms with Crippen molar-refractivity contribution in [3.8, 4) is 0 Å². The summed E-state index contributed by atoms with van der Waals surface area (Å²) in [7, 11) is 0. The number of imide groups is 1. The number of carbonyl (C=O) groups is 2. The number of amides is 3. The van der Waals surface area contributed by atoms with Crippen LogP contribution in [0.2, 0.25) is 0 Å². The van der Waals surface area contributed by atoms with Crippen LogP contribution >= 0.6 is 11.8 Å². The zero-order valence-corrected chi connectivity index (χ0v) is 14.5. The molecule has 0 unspecified atom stereocenters. The molecule has 24 heavy (non-hydrogen) atoms. The Hall–Kier alpha value is -1.81. The summed E-state index contributed by atoms with van der Waals surface area (Å²) in [5, 5.41) is 14.1. The van der Waals surface area contributed by atoms with E-state index in [1.165, 1.54) is 11.8 Å². The molecule has 1 aliphatic heterocycles. The minimum Gasteiger partial charge on any atom is -0.378 e. The van der Waals surface area contributed by atoms with Crippen LogP contribution in [0.1, 0.15) is 25.8 Å². The van der Waals surface area contributed by atoms with E-state index in [0.29, 0.717) is 25.8 Å². The summed E-state index contributed by atoms with van der Waals surface area (Å²) in [4.78, 5) is 25.4. The average Bonchev–Trinajstić information content (AvgIpc) is 3.33. The van der Waals surface area contributed by atoms with Gasteiger partial charge in [0.1, 0.15) is 0 Å². The number of rotatable bonds is 6. The van der Waals surface area contributed by atoms with Gasteiger partial charge >= 0.3 is 6.03 Å². The van der Waals surface area contributed by atoms with E-state index in [1.54, 1.807) is 6.92 Å². The molecule has 0 bridgehead atoms. The van der Waals surface area contributed by atoms with Crippen LogP contribution in [0.15, 0.2) is 5.16 Å². The van der Waals surface area contributed by atoms with E-state index in [1.807, 2.05) is 0 Å². The number of thioether (sulfide) groups is 1. The van der Waals surface area contributed by atoms with E-state index in [-0.39, 0.29) is 11.7 Å². The van der Waals surface area contributed by atoms with Crippen molar-refractivity contribution in [3.63, 3.8) is 0 Å². The van der Waals surface area contributed by atoms with E-state index in [0.717, 1.165) is 37.0 Å². The third kappa shape index (κ3) is 4.18. The summed E-state index contributed by atoms with van der Waals surface area (Å²) >= 11 is 1.31. The van der Waals surface area contributed by atoms with Crippen LogP contribution in [0.25, 0.3) is 0 Å². The van der Waals surface area contributed by atoms with Crippen molar-refractivity contribution in [1.82, 2.24) is 25.4 Å². The molecule has 1 aromatic rings. The van der Waals surface area contributed by atoms with Gasteiger partial charge in [0.05, 0.1) is 19.0 Å². The lowest BCUT2D eigenvalue weighted by molar-refractivity contribution is -0.117. The van der Waals surface area contributed by atoms with Crippen molar-refractivity contribution in [1.29, 1.82) is 0 Å². The maximum absolute atomic E-state index is 11.8. The molecule has 2 aliphatic rings. The molecule has 1 aromatic heterocycles. The van der Waals surface area contributed by atoms with Crippen LogP contribution in [0.3, 0.4) is 0 Å². The number of aromatic nitrogens is 3. The highest BCUT2D eigenvalue weighted by Gasteiger charge is 2.32. The quantitative estimate of drug-likeness (QED) is 0.713. The molecule has 2 N–H and O–H groups in total. The van der Waals surface area contributed by atoms with E-state index in [4.69, 9.17) is 4.74 Å². The first-order valence-corrected chi connectivity index (χ1v) is 9.15. The SMILES string of the molecule is CCNC(=O)NC(=O)CSc1nnc(N2CCOCC2)n1C1CC1. The average molecular weight is 354 g/mol. The molecule has 0 aromatic carbocycles. The van der Waals surface area contributed by atoms with Gasteiger partial charge in [0.2, 0.25) is 11.9 Å². The fraction of sp³-hybridized carbons (Fsp3) is 0.714. The number of carbonyl (C=O) groups excluding carboxylic acids is 2. The largest absolute Gasteiger partial charge is 0.378 e. The van der Waals surface area contributed by atoms with E-state index in [2.05, 4.69) is 30.3 Å². The van der Waals surface area contributed by atoms with Gasteiger partial charge in [-0.05, 0) is 19.8 Å². The van der Waals surface area contributed by atoms with Crippen molar-refractivity contribution in [2.24, 2.45) is 0 Å². The number of ether oxygens (including phenoxy) is 1. The number of hydrogen-bond acceptors (Lipinski definition) is 7. The summed E-state index contributed by atoms with van der Waals surface area (Å²) in [5.41, 5.74) is 0. The lowest BCUT2D eigenvalue weighted by Gasteiger charge is -2.27. The highest BCUT2D eigenvalue weighted by Crippen LogP contribution is 2.40. The molecule has 10 heteroatoms. The van der Waals surface area contributed by atoms with Gasteiger partial charge in [0, 0.05) is 25.7 Å². The van der Waals surface area contributed by atoms with Crippen molar-refractivity contribution in [2.75, 3.05) is 43.5 Å². The zero-order valence-electron chi connectivity index (χ0n) is 13.7. The lowest BCUT2D eigenvalue weighted by atomic mass is 10.4. The predicted molar refractivity (Wildman–Crippen MR) is 89.3 cm³/mol. The van der Waals surface area contributed by atoms with Crippen LogP contribution in [0.4, 0.5) is 10.7 Å². The van der Waals surface area contributed by atoms with Crippen molar-refractivity contribution >= 4 is 29.6 Å². The predicted octanol–water partition coefficient (Wildman–Crippen LogP) is 0.387. The Labute approximate surface area is 144 Å². The Morgan fingerprint density at radius 1 is 1.29 bits per heavy atom. The first-order valence-electron chi connectivity index (χ1n) is 8.17. The van der Waals surface area contributed by atoms with Crippen molar-refractivity contribution < 1.29 is 14.3 Å². The molecule has 1 saturated carbocycles. The highest BCUT2D eigenvalue weighted by atomic mass is 32.2. The second-order valence-electron chi connectivity index (χ2n) is 5.68. The fourth-order valence-electron chi connectivity index (χ4n) is 2.50. The van der Waals surface area contributed by atoms with Crippen molar-refractivity contribution in [2.45, 2.75) is 31.0 Å². The Balaban J connectivity index is 1.62. The highest BCUT2D eigenvalue weighted by molar-refractivity contribution is 7.99. The van der Waals surface area contributed by atoms with E-state index >= 15 is 0 Å². The Morgan fingerprint density at radius 3 is 2.71 bits per heavy atom. The van der Waals surface area contributed by atoms with Gasteiger partial charge in [0.25, 0.3) is 0 Å². The normalized spacial score (nSPS) is 17.6. The van der Waals surface area contributed by atoms with Gasteiger partial charge in [-0.1, -0.05) is 11.8 Å². The van der Waals surface area contributed by atoms with Gasteiger partial charge in [-0.3, -0.25) is 14.7 Å². The molecule has 0 spiro atoms. The van der Waals surface area contributed by atoms with Gasteiger partial charge in [0.15, 0.2) is 5.16 Å². The number of hydrogen-bond donors (Lipinski definition) is 2. The van der Waals surface area contributed by atoms with Gasteiger partial charge in [-0.15, -0.1) is 10.2 Å². The van der Waals surface area contributed by atoms with Crippen LogP contribution in [-0.2, 0) is 9.53 Å². The molecule has 2 fully saturated rings. The summed E-state index contributed by atoms with van der Waals surface area (Å²) in [6, 6.07) is -0.0624. The summed E-state index contributed by atoms with van der Waals surface area (Å²) in [6.45, 7) is 5.25. The van der Waals surface area contributed by atoms with Gasteiger partial charge in [-0.2, -0.15) is 0 Å². The van der Waals surface area contributed by atoms with Crippen LogP contribution in [0.5, 0.6) is 0 Å². The molecule has 3 amide bonds. The molecule has 0 atom stereocenters. The Morgan fingerprint density at radius 2 is 2.04 bits per heavy atom. The smallest absolute Gasteiger partial charge is 0.321 e. The Kier molecular flexibility index (Phi) is 5.56. The van der Waals surface area contributed by atoms with Gasteiger partial charge < -0.3 is 15.0 Å². The number of nitrogens with one attached hydrogen (secondary N) is 2. The number of anilines is 1. The van der Waals surface area contributed by atoms with Crippen LogP contribution in [-0.4, -0.2) is 65.3 Å². The molecule has 3 rings (SSSR count). The monoisotopic (exact) mass is 354 g/mol. The molecule has 132 valence electrons. The number of urea groups is 1. The topological polar surface area (TPSA) is 101 Å². The van der Waals surface area contributed by atoms with Crippen LogP contribution in [0, 0.1) is 0 Å². The summed E-state index contributed by atoms with van der Waals surface area (Å²) in [6.07, 6.45) is 2.21. The lowest BCUT2D eigenvalue weighted by Crippen LogP contribution is -2.40. The fourth-order valence-corrected chi connectivity index (χ4v) is 3.30. The molecule has 0 radical (unpaired) electrons. The van der Waals surface area contributed by atoms with E-state index < -0.39 is 6.03 Å².